The van der Waals surface area contributed by atoms with Crippen LogP contribution in [0, 0.1) is 0 Å². The number of nitrogens with zero attached hydrogens (tertiary/aromatic N) is 2. The van der Waals surface area contributed by atoms with E-state index in [1.165, 1.54) is 0 Å². The van der Waals surface area contributed by atoms with E-state index in [0.717, 1.165) is 11.1 Å². The highest BCUT2D eigenvalue weighted by Crippen LogP contribution is 2.20. The van der Waals surface area contributed by atoms with Gasteiger partial charge in [-0.2, -0.15) is 4.98 Å². The van der Waals surface area contributed by atoms with Gasteiger partial charge in [-0.15, -0.1) is 0 Å². The maximum atomic E-state index is 9.03. The fourth-order valence-electron chi connectivity index (χ4n) is 1.29. The normalized spacial score (nSPS) is 10.7. The van der Waals surface area contributed by atoms with Crippen LogP contribution in [0.1, 0.15) is 6.92 Å². The minimum atomic E-state index is -0.0800. The Morgan fingerprint density at radius 3 is 2.86 bits per heavy atom. The predicted molar refractivity (Wildman–Crippen MR) is 54.1 cm³/mol. The summed E-state index contributed by atoms with van der Waals surface area (Å²) in [6.45, 7) is 2.53. The van der Waals surface area contributed by atoms with Crippen molar-refractivity contribution in [2.75, 3.05) is 18.2 Å². The molecule has 2 rings (SSSR count). The Hall–Kier alpha value is -1.55. The number of fused-ring (bicyclic) bond motifs is 1. The van der Waals surface area contributed by atoms with E-state index in [0.29, 0.717) is 12.6 Å². The molecule has 4 nitrogen and oxygen atoms in total. The first-order valence-corrected chi connectivity index (χ1v) is 4.56. The summed E-state index contributed by atoms with van der Waals surface area (Å²) < 4.78 is 5.47. The first-order valence-electron chi connectivity index (χ1n) is 4.56. The molecule has 0 atom stereocenters. The van der Waals surface area contributed by atoms with Crippen LogP contribution in [0.4, 0.5) is 6.01 Å². The first kappa shape index (κ1) is 9.02. The standard InChI is InChI=1S/C10H12N2O2/c1-2-12(7-13)10-11-8-5-3-4-6-9(8)14-10/h3-6,13H,2,7H2,1H3. The van der Waals surface area contributed by atoms with Crippen molar-refractivity contribution in [3.8, 4) is 0 Å². The van der Waals surface area contributed by atoms with Crippen LogP contribution in [0.15, 0.2) is 28.7 Å². The van der Waals surface area contributed by atoms with Crippen molar-refractivity contribution in [2.24, 2.45) is 0 Å². The van der Waals surface area contributed by atoms with E-state index in [1.54, 1.807) is 4.90 Å². The molecule has 0 fully saturated rings. The molecule has 0 amide bonds. The van der Waals surface area contributed by atoms with Crippen LogP contribution in [-0.2, 0) is 0 Å². The molecule has 4 heteroatoms. The van der Waals surface area contributed by atoms with Gasteiger partial charge in [0, 0.05) is 6.54 Å². The molecule has 0 aliphatic heterocycles. The number of benzene rings is 1. The summed E-state index contributed by atoms with van der Waals surface area (Å²) >= 11 is 0. The van der Waals surface area contributed by atoms with E-state index in [9.17, 15) is 0 Å². The van der Waals surface area contributed by atoms with Gasteiger partial charge in [0.15, 0.2) is 5.58 Å². The topological polar surface area (TPSA) is 49.5 Å². The zero-order valence-corrected chi connectivity index (χ0v) is 7.97. The van der Waals surface area contributed by atoms with Gasteiger partial charge in [0.05, 0.1) is 0 Å². The van der Waals surface area contributed by atoms with E-state index in [-0.39, 0.29) is 6.73 Å². The van der Waals surface area contributed by atoms with Crippen molar-refractivity contribution in [3.05, 3.63) is 24.3 Å². The van der Waals surface area contributed by atoms with Gasteiger partial charge >= 0.3 is 0 Å². The average molecular weight is 192 g/mol. The Labute approximate surface area is 81.8 Å². The second kappa shape index (κ2) is 3.67. The van der Waals surface area contributed by atoms with E-state index in [2.05, 4.69) is 4.98 Å². The van der Waals surface area contributed by atoms with Crippen LogP contribution < -0.4 is 4.90 Å². The number of oxazole rings is 1. The Kier molecular flexibility index (Phi) is 2.37. The smallest absolute Gasteiger partial charge is 0.300 e. The zero-order valence-electron chi connectivity index (χ0n) is 7.97. The van der Waals surface area contributed by atoms with Gasteiger partial charge in [-0.1, -0.05) is 12.1 Å². The quantitative estimate of drug-likeness (QED) is 0.750. The van der Waals surface area contributed by atoms with Crippen LogP contribution in [0.3, 0.4) is 0 Å². The lowest BCUT2D eigenvalue weighted by molar-refractivity contribution is 0.284. The van der Waals surface area contributed by atoms with E-state index in [4.69, 9.17) is 9.52 Å². The second-order valence-electron chi connectivity index (χ2n) is 2.96. The van der Waals surface area contributed by atoms with Gasteiger partial charge in [0.2, 0.25) is 0 Å². The fraction of sp³-hybridized carbons (Fsp3) is 0.300. The molecule has 74 valence electrons. The summed E-state index contributed by atoms with van der Waals surface area (Å²) in [7, 11) is 0. The van der Waals surface area contributed by atoms with Gasteiger partial charge < -0.3 is 14.4 Å². The van der Waals surface area contributed by atoms with Gasteiger partial charge in [-0.05, 0) is 19.1 Å². The maximum absolute atomic E-state index is 9.03. The second-order valence-corrected chi connectivity index (χ2v) is 2.96. The molecule has 2 aromatic rings. The van der Waals surface area contributed by atoms with E-state index < -0.39 is 0 Å². The zero-order chi connectivity index (χ0) is 9.97. The Morgan fingerprint density at radius 2 is 2.21 bits per heavy atom. The van der Waals surface area contributed by atoms with Crippen molar-refractivity contribution in [2.45, 2.75) is 6.92 Å². The van der Waals surface area contributed by atoms with E-state index >= 15 is 0 Å². The maximum Gasteiger partial charge on any atom is 0.300 e. The molecule has 0 saturated heterocycles. The molecule has 0 radical (unpaired) electrons. The lowest BCUT2D eigenvalue weighted by Gasteiger charge is -2.13. The summed E-state index contributed by atoms with van der Waals surface area (Å²) in [5.74, 6) is 0. The van der Waals surface area contributed by atoms with Crippen molar-refractivity contribution in [1.29, 1.82) is 0 Å². The van der Waals surface area contributed by atoms with Gasteiger partial charge in [-0.25, -0.2) is 0 Å². The highest BCUT2D eigenvalue weighted by atomic mass is 16.4. The average Bonchev–Trinajstić information content (AvgIpc) is 2.63. The van der Waals surface area contributed by atoms with Gasteiger partial charge in [-0.3, -0.25) is 0 Å². The molecule has 0 unspecified atom stereocenters. The van der Waals surface area contributed by atoms with Crippen LogP contribution >= 0.6 is 0 Å². The van der Waals surface area contributed by atoms with Crippen molar-refractivity contribution in [1.82, 2.24) is 4.98 Å². The Balaban J connectivity index is 2.43. The molecular formula is C10H12N2O2. The summed E-state index contributed by atoms with van der Waals surface area (Å²) in [4.78, 5) is 5.91. The summed E-state index contributed by atoms with van der Waals surface area (Å²) in [6.07, 6.45) is 0. The number of hydrogen-bond donors (Lipinski definition) is 1. The fourth-order valence-corrected chi connectivity index (χ4v) is 1.29. The highest BCUT2D eigenvalue weighted by Gasteiger charge is 2.10. The Morgan fingerprint density at radius 1 is 1.43 bits per heavy atom. The summed E-state index contributed by atoms with van der Waals surface area (Å²) in [5.41, 5.74) is 1.56. The predicted octanol–water partition coefficient (Wildman–Crippen LogP) is 1.60. The molecule has 0 spiro atoms. The largest absolute Gasteiger partial charge is 0.423 e. The number of anilines is 1. The van der Waals surface area contributed by atoms with Crippen molar-refractivity contribution >= 4 is 17.1 Å². The number of para-hydroxylation sites is 2. The lowest BCUT2D eigenvalue weighted by atomic mass is 10.3. The third kappa shape index (κ3) is 1.44. The lowest BCUT2D eigenvalue weighted by Crippen LogP contribution is -2.23. The number of aromatic nitrogens is 1. The molecule has 0 aliphatic rings. The molecular weight excluding hydrogens is 180 g/mol. The molecule has 0 bridgehead atoms. The van der Waals surface area contributed by atoms with Crippen LogP contribution in [-0.4, -0.2) is 23.4 Å². The van der Waals surface area contributed by atoms with Gasteiger partial charge in [0.1, 0.15) is 12.2 Å². The number of rotatable bonds is 3. The number of aliphatic hydroxyl groups is 1. The molecule has 0 saturated carbocycles. The minimum Gasteiger partial charge on any atom is -0.423 e. The molecule has 1 aromatic heterocycles. The minimum absolute atomic E-state index is 0.0800. The number of hydrogen-bond acceptors (Lipinski definition) is 4. The molecule has 0 aliphatic carbocycles. The molecule has 1 heterocycles. The highest BCUT2D eigenvalue weighted by molar-refractivity contribution is 5.74. The monoisotopic (exact) mass is 192 g/mol. The summed E-state index contributed by atoms with van der Waals surface area (Å²) in [6, 6.07) is 8.01. The van der Waals surface area contributed by atoms with Crippen molar-refractivity contribution in [3.63, 3.8) is 0 Å². The third-order valence-corrected chi connectivity index (χ3v) is 2.11. The van der Waals surface area contributed by atoms with Crippen LogP contribution in [0.25, 0.3) is 11.1 Å². The third-order valence-electron chi connectivity index (χ3n) is 2.11. The molecule has 1 N–H and O–H groups in total. The SMILES string of the molecule is CCN(CO)c1nc2ccccc2o1. The first-order chi connectivity index (χ1) is 6.85. The molecule has 1 aromatic carbocycles. The molecule has 14 heavy (non-hydrogen) atoms. The van der Waals surface area contributed by atoms with Crippen molar-refractivity contribution < 1.29 is 9.52 Å². The van der Waals surface area contributed by atoms with Crippen LogP contribution in [0.5, 0.6) is 0 Å². The van der Waals surface area contributed by atoms with Crippen LogP contribution in [0.2, 0.25) is 0 Å². The number of aliphatic hydroxyl groups excluding tert-OH is 1. The van der Waals surface area contributed by atoms with E-state index in [1.807, 2.05) is 31.2 Å². The van der Waals surface area contributed by atoms with Gasteiger partial charge in [0.25, 0.3) is 6.01 Å². The summed E-state index contributed by atoms with van der Waals surface area (Å²) in [5, 5.41) is 9.03. The Bertz CT molecular complexity index is 388.